The number of halogens is 4. The summed E-state index contributed by atoms with van der Waals surface area (Å²) < 4.78 is 54.1. The number of benzene rings is 1. The van der Waals surface area contributed by atoms with Gasteiger partial charge in [0.15, 0.2) is 17.5 Å². The molecule has 1 heterocycles. The monoisotopic (exact) mass is 570 g/mol. The molecule has 2 aromatic rings. The molecule has 0 aliphatic carbocycles. The third kappa shape index (κ3) is 7.76. The number of alkyl halides is 3. The highest BCUT2D eigenvalue weighted by Crippen LogP contribution is 2.38. The van der Waals surface area contributed by atoms with Crippen molar-refractivity contribution in [2.45, 2.75) is 12.7 Å². The van der Waals surface area contributed by atoms with E-state index in [0.29, 0.717) is 36.3 Å². The minimum Gasteiger partial charge on any atom is -0.493 e. The molecule has 9 nitrogen and oxygen atoms in total. The van der Waals surface area contributed by atoms with E-state index in [0.717, 1.165) is 17.8 Å². The Kier molecular flexibility index (Phi) is 11.1. The molecule has 0 atom stereocenters. The second kappa shape index (κ2) is 13.0. The van der Waals surface area contributed by atoms with Gasteiger partial charge in [-0.2, -0.15) is 13.2 Å². The minimum atomic E-state index is -4.52. The summed E-state index contributed by atoms with van der Waals surface area (Å²) in [5.41, 5.74) is -0.131. The SMILES string of the molecule is CN=C(NCCNc1nccc(C(F)(F)F)n1)NCc1cc(OC)c(OC)c(OC)c1.I. The van der Waals surface area contributed by atoms with Crippen LogP contribution in [0.1, 0.15) is 11.3 Å². The first-order valence-electron chi connectivity index (χ1n) is 9.19. The van der Waals surface area contributed by atoms with Gasteiger partial charge in [0.2, 0.25) is 11.7 Å². The molecule has 0 unspecified atom stereocenters. The summed E-state index contributed by atoms with van der Waals surface area (Å²) in [6, 6.07) is 4.45. The van der Waals surface area contributed by atoms with Gasteiger partial charge in [0.25, 0.3) is 0 Å². The van der Waals surface area contributed by atoms with Gasteiger partial charge < -0.3 is 30.2 Å². The highest BCUT2D eigenvalue weighted by Gasteiger charge is 2.32. The number of ether oxygens (including phenoxy) is 3. The summed E-state index contributed by atoms with van der Waals surface area (Å²) in [6.07, 6.45) is -3.46. The summed E-state index contributed by atoms with van der Waals surface area (Å²) in [4.78, 5) is 11.3. The Balaban J connectivity index is 0.00000512. The summed E-state index contributed by atoms with van der Waals surface area (Å²) in [6.45, 7) is 1.07. The standard InChI is InChI=1S/C19H25F3N6O3.HI/c1-23-17(25-7-8-26-18-24-6-5-15(28-18)19(20,21)22)27-11-12-9-13(29-2)16(31-4)14(10-12)30-3;/h5-6,9-10H,7-8,11H2,1-4H3,(H2,23,25,27)(H,24,26,28);1H. The van der Waals surface area contributed by atoms with Crippen molar-refractivity contribution in [1.82, 2.24) is 20.6 Å². The number of guanidine groups is 1. The molecule has 32 heavy (non-hydrogen) atoms. The molecule has 0 spiro atoms. The lowest BCUT2D eigenvalue weighted by atomic mass is 10.2. The van der Waals surface area contributed by atoms with Gasteiger partial charge in [-0.1, -0.05) is 0 Å². The number of hydrogen-bond donors (Lipinski definition) is 3. The van der Waals surface area contributed by atoms with Crippen LogP contribution in [0.2, 0.25) is 0 Å². The zero-order valence-electron chi connectivity index (χ0n) is 18.0. The van der Waals surface area contributed by atoms with E-state index in [1.54, 1.807) is 7.05 Å². The summed E-state index contributed by atoms with van der Waals surface area (Å²) in [7, 11) is 6.21. The molecule has 0 radical (unpaired) electrons. The van der Waals surface area contributed by atoms with Crippen LogP contribution >= 0.6 is 24.0 Å². The van der Waals surface area contributed by atoms with E-state index in [2.05, 4.69) is 30.9 Å². The average molecular weight is 570 g/mol. The smallest absolute Gasteiger partial charge is 0.433 e. The maximum Gasteiger partial charge on any atom is 0.433 e. The number of nitrogens with zero attached hydrogens (tertiary/aromatic N) is 3. The average Bonchev–Trinajstić information content (AvgIpc) is 2.77. The lowest BCUT2D eigenvalue weighted by Gasteiger charge is -2.16. The zero-order valence-corrected chi connectivity index (χ0v) is 20.4. The molecule has 1 aromatic carbocycles. The van der Waals surface area contributed by atoms with Gasteiger partial charge in [-0.3, -0.25) is 4.99 Å². The predicted molar refractivity (Wildman–Crippen MR) is 125 cm³/mol. The number of nitrogens with one attached hydrogen (secondary N) is 3. The van der Waals surface area contributed by atoms with Crippen molar-refractivity contribution in [3.63, 3.8) is 0 Å². The van der Waals surface area contributed by atoms with Gasteiger partial charge in [-0.05, 0) is 23.8 Å². The number of aliphatic imine (C=N–C) groups is 1. The molecule has 0 aliphatic heterocycles. The van der Waals surface area contributed by atoms with Crippen molar-refractivity contribution < 1.29 is 27.4 Å². The maximum absolute atomic E-state index is 12.7. The topological polar surface area (TPSA) is 102 Å². The fourth-order valence-electron chi connectivity index (χ4n) is 2.60. The van der Waals surface area contributed by atoms with Crippen LogP contribution < -0.4 is 30.2 Å². The molecule has 2 rings (SSSR count). The predicted octanol–water partition coefficient (Wildman–Crippen LogP) is 2.92. The van der Waals surface area contributed by atoms with Crippen molar-refractivity contribution in [1.29, 1.82) is 0 Å². The quantitative estimate of drug-likeness (QED) is 0.183. The van der Waals surface area contributed by atoms with E-state index in [-0.39, 0.29) is 36.5 Å². The Bertz CT molecular complexity index is 874. The van der Waals surface area contributed by atoms with Gasteiger partial charge in [0.1, 0.15) is 5.69 Å². The molecule has 3 N–H and O–H groups in total. The van der Waals surface area contributed by atoms with Gasteiger partial charge >= 0.3 is 6.18 Å². The number of hydrogen-bond acceptors (Lipinski definition) is 7. The summed E-state index contributed by atoms with van der Waals surface area (Å²) >= 11 is 0. The zero-order chi connectivity index (χ0) is 22.9. The first kappa shape index (κ1) is 27.3. The number of aromatic nitrogens is 2. The molecule has 178 valence electrons. The Morgan fingerprint density at radius 3 is 2.22 bits per heavy atom. The third-order valence-electron chi connectivity index (χ3n) is 4.05. The van der Waals surface area contributed by atoms with Gasteiger partial charge in [0, 0.05) is 32.9 Å². The molecule has 13 heteroatoms. The van der Waals surface area contributed by atoms with Gasteiger partial charge in [-0.25, -0.2) is 9.97 Å². The fourth-order valence-corrected chi connectivity index (χ4v) is 2.60. The molecular formula is C19H26F3IN6O3. The van der Waals surface area contributed by atoms with Crippen LogP contribution in [0.15, 0.2) is 29.4 Å². The van der Waals surface area contributed by atoms with Gasteiger partial charge in [-0.15, -0.1) is 24.0 Å². The van der Waals surface area contributed by atoms with E-state index in [1.165, 1.54) is 21.3 Å². The lowest BCUT2D eigenvalue weighted by Crippen LogP contribution is -2.39. The first-order chi connectivity index (χ1) is 14.8. The highest BCUT2D eigenvalue weighted by atomic mass is 127. The summed E-state index contributed by atoms with van der Waals surface area (Å²) in [5.74, 6) is 1.97. The molecule has 0 bridgehead atoms. The molecular weight excluding hydrogens is 544 g/mol. The Labute approximate surface area is 201 Å². The Hall–Kier alpha value is -2.71. The largest absolute Gasteiger partial charge is 0.493 e. The van der Waals surface area contributed by atoms with E-state index >= 15 is 0 Å². The molecule has 0 saturated heterocycles. The van der Waals surface area contributed by atoms with Crippen LogP contribution in [-0.4, -0.2) is 57.4 Å². The summed E-state index contributed by atoms with van der Waals surface area (Å²) in [5, 5.41) is 8.92. The van der Waals surface area contributed by atoms with Crippen LogP contribution in [0.25, 0.3) is 0 Å². The second-order valence-electron chi connectivity index (χ2n) is 6.08. The third-order valence-corrected chi connectivity index (χ3v) is 4.05. The van der Waals surface area contributed by atoms with Crippen molar-refractivity contribution in [2.75, 3.05) is 46.8 Å². The maximum atomic E-state index is 12.7. The van der Waals surface area contributed by atoms with E-state index < -0.39 is 11.9 Å². The van der Waals surface area contributed by atoms with E-state index in [4.69, 9.17) is 14.2 Å². The second-order valence-corrected chi connectivity index (χ2v) is 6.08. The Morgan fingerprint density at radius 2 is 1.69 bits per heavy atom. The van der Waals surface area contributed by atoms with Crippen LogP contribution in [0.3, 0.4) is 0 Å². The van der Waals surface area contributed by atoms with Crippen molar-refractivity contribution in [3.8, 4) is 17.2 Å². The van der Waals surface area contributed by atoms with E-state index in [9.17, 15) is 13.2 Å². The van der Waals surface area contributed by atoms with Gasteiger partial charge in [0.05, 0.1) is 21.3 Å². The molecule has 0 aliphatic rings. The fraction of sp³-hybridized carbons (Fsp3) is 0.421. The van der Waals surface area contributed by atoms with Crippen LogP contribution in [-0.2, 0) is 12.7 Å². The lowest BCUT2D eigenvalue weighted by molar-refractivity contribution is -0.141. The number of methoxy groups -OCH3 is 3. The van der Waals surface area contributed by atoms with Crippen LogP contribution in [0.4, 0.5) is 19.1 Å². The number of rotatable bonds is 9. The normalized spacial score (nSPS) is 11.3. The Morgan fingerprint density at radius 1 is 1.03 bits per heavy atom. The van der Waals surface area contributed by atoms with Crippen molar-refractivity contribution >= 4 is 35.9 Å². The van der Waals surface area contributed by atoms with E-state index in [1.807, 2.05) is 12.1 Å². The van der Waals surface area contributed by atoms with Crippen molar-refractivity contribution in [2.24, 2.45) is 4.99 Å². The number of anilines is 1. The molecule has 0 saturated carbocycles. The minimum absolute atomic E-state index is 0. The molecule has 0 fully saturated rings. The molecule has 0 amide bonds. The first-order valence-corrected chi connectivity index (χ1v) is 9.19. The van der Waals surface area contributed by atoms with Crippen LogP contribution in [0.5, 0.6) is 17.2 Å². The highest BCUT2D eigenvalue weighted by molar-refractivity contribution is 14.0. The molecule has 1 aromatic heterocycles. The van der Waals surface area contributed by atoms with Crippen molar-refractivity contribution in [3.05, 3.63) is 35.7 Å². The van der Waals surface area contributed by atoms with Crippen LogP contribution in [0, 0.1) is 0 Å².